The predicted octanol–water partition coefficient (Wildman–Crippen LogP) is 6.27. The van der Waals surface area contributed by atoms with E-state index in [1.807, 2.05) is 30.3 Å². The molecule has 5 nitrogen and oxygen atoms in total. The second-order valence-electron chi connectivity index (χ2n) is 11.0. The quantitative estimate of drug-likeness (QED) is 0.368. The topological polar surface area (TPSA) is 59.3 Å². The van der Waals surface area contributed by atoms with Crippen LogP contribution >= 0.6 is 0 Å². The molecule has 184 valence electrons. The minimum absolute atomic E-state index is 0.0741. The fourth-order valence-electron chi connectivity index (χ4n) is 7.48. The number of hydrogen-bond donors (Lipinski definition) is 1. The molecule has 0 radical (unpaired) electrons. The Morgan fingerprint density at radius 1 is 0.972 bits per heavy atom. The Hall–Kier alpha value is -3.42. The van der Waals surface area contributed by atoms with Gasteiger partial charge in [-0.05, 0) is 73.1 Å². The lowest BCUT2D eigenvalue weighted by molar-refractivity contribution is -0.142. The number of carbonyl (C=O) groups excluding carboxylic acids is 1. The van der Waals surface area contributed by atoms with Crippen LogP contribution in [0.1, 0.15) is 54.6 Å². The number of nitrogens with one attached hydrogen (secondary N) is 1. The van der Waals surface area contributed by atoms with Crippen molar-refractivity contribution >= 4 is 22.3 Å². The van der Waals surface area contributed by atoms with Gasteiger partial charge in [0, 0.05) is 11.1 Å². The van der Waals surface area contributed by atoms with Gasteiger partial charge >= 0.3 is 6.18 Å². The van der Waals surface area contributed by atoms with Crippen LogP contribution in [-0.2, 0) is 6.18 Å². The first-order valence-electron chi connectivity index (χ1n) is 12.5. The minimum Gasteiger partial charge on any atom is -0.346 e. The Morgan fingerprint density at radius 3 is 2.33 bits per heavy atom. The summed E-state index contributed by atoms with van der Waals surface area (Å²) in [5.41, 5.74) is -0.469. The zero-order valence-electron chi connectivity index (χ0n) is 19.6. The molecule has 4 saturated carbocycles. The Bertz CT molecular complexity index is 1480. The van der Waals surface area contributed by atoms with E-state index in [0.717, 1.165) is 40.6 Å². The van der Waals surface area contributed by atoms with Gasteiger partial charge in [0.1, 0.15) is 5.56 Å². The van der Waals surface area contributed by atoms with Crippen molar-refractivity contribution in [2.75, 3.05) is 0 Å². The van der Waals surface area contributed by atoms with Crippen molar-refractivity contribution in [2.45, 2.75) is 50.2 Å². The van der Waals surface area contributed by atoms with E-state index >= 15 is 0 Å². The molecule has 0 aliphatic heterocycles. The molecule has 2 aromatic carbocycles. The molecule has 4 bridgehead atoms. The van der Waals surface area contributed by atoms with Crippen LogP contribution < -0.4 is 5.32 Å². The van der Waals surface area contributed by atoms with E-state index in [2.05, 4.69) is 15.4 Å². The maximum atomic E-state index is 14.1. The SMILES string of the molecule is O=C(NC12CC3CC(CC(C3)C1)C2)c1cnn2c(C(F)(F)F)cc(-c3cccc4ccccc34)nc12. The number of hydrogen-bond acceptors (Lipinski definition) is 3. The van der Waals surface area contributed by atoms with Crippen molar-refractivity contribution in [1.82, 2.24) is 19.9 Å². The van der Waals surface area contributed by atoms with Gasteiger partial charge in [0.05, 0.1) is 11.9 Å². The third-order valence-corrected chi connectivity index (χ3v) is 8.49. The molecule has 36 heavy (non-hydrogen) atoms. The molecule has 4 aliphatic carbocycles. The van der Waals surface area contributed by atoms with E-state index in [9.17, 15) is 18.0 Å². The van der Waals surface area contributed by atoms with Gasteiger partial charge in [-0.3, -0.25) is 4.79 Å². The van der Waals surface area contributed by atoms with Crippen LogP contribution in [0.25, 0.3) is 27.7 Å². The fourth-order valence-corrected chi connectivity index (χ4v) is 7.48. The van der Waals surface area contributed by atoms with Crippen LogP contribution in [0, 0.1) is 17.8 Å². The molecule has 8 heteroatoms. The summed E-state index contributed by atoms with van der Waals surface area (Å²) in [5, 5.41) is 8.92. The van der Waals surface area contributed by atoms with Crippen LogP contribution in [0.15, 0.2) is 54.7 Å². The van der Waals surface area contributed by atoms with Crippen molar-refractivity contribution < 1.29 is 18.0 Å². The molecule has 0 atom stereocenters. The molecular formula is C28H25F3N4O. The van der Waals surface area contributed by atoms with Crippen LogP contribution in [-0.4, -0.2) is 26.0 Å². The summed E-state index contributed by atoms with van der Waals surface area (Å²) < 4.78 is 43.2. The second kappa shape index (κ2) is 7.54. The molecule has 8 rings (SSSR count). The fraction of sp³-hybridized carbons (Fsp3) is 0.393. The van der Waals surface area contributed by atoms with Gasteiger partial charge in [-0.2, -0.15) is 18.3 Å². The molecular weight excluding hydrogens is 465 g/mol. The third-order valence-electron chi connectivity index (χ3n) is 8.49. The number of benzene rings is 2. The lowest BCUT2D eigenvalue weighted by Crippen LogP contribution is -2.59. The Balaban J connectivity index is 1.34. The van der Waals surface area contributed by atoms with E-state index in [4.69, 9.17) is 0 Å². The summed E-state index contributed by atoms with van der Waals surface area (Å²) in [5.74, 6) is 1.51. The lowest BCUT2D eigenvalue weighted by atomic mass is 9.53. The van der Waals surface area contributed by atoms with Crippen LogP contribution in [0.4, 0.5) is 13.2 Å². The number of carbonyl (C=O) groups is 1. The third kappa shape index (κ3) is 3.41. The van der Waals surface area contributed by atoms with Gasteiger partial charge in [0.2, 0.25) is 0 Å². The highest BCUT2D eigenvalue weighted by Gasteiger charge is 2.51. The predicted molar refractivity (Wildman–Crippen MR) is 129 cm³/mol. The van der Waals surface area contributed by atoms with Gasteiger partial charge in [0.25, 0.3) is 5.91 Å². The standard InChI is InChI=1S/C28H25F3N4O/c29-28(30,31)24-11-23(21-7-3-5-19-4-1-2-6-20(19)21)33-25-22(15-32-35(24)25)26(36)34-27-12-16-8-17(13-27)10-18(9-16)14-27/h1-7,11,15-18H,8-10,12-14H2,(H,34,36). The van der Waals surface area contributed by atoms with Gasteiger partial charge < -0.3 is 5.32 Å². The van der Waals surface area contributed by atoms with E-state index in [1.165, 1.54) is 25.5 Å². The Morgan fingerprint density at radius 2 is 1.64 bits per heavy atom. The first-order valence-corrected chi connectivity index (χ1v) is 12.5. The number of alkyl halides is 3. The van der Waals surface area contributed by atoms with Crippen molar-refractivity contribution in [1.29, 1.82) is 0 Å². The van der Waals surface area contributed by atoms with Gasteiger partial charge in [-0.15, -0.1) is 0 Å². The summed E-state index contributed by atoms with van der Waals surface area (Å²) in [6.07, 6.45) is 3.11. The minimum atomic E-state index is -4.67. The molecule has 0 spiro atoms. The van der Waals surface area contributed by atoms with Crippen LogP contribution in [0.5, 0.6) is 0 Å². The molecule has 0 unspecified atom stereocenters. The molecule has 2 heterocycles. The molecule has 4 aliphatic rings. The van der Waals surface area contributed by atoms with Crippen molar-refractivity contribution in [3.05, 3.63) is 66.0 Å². The highest BCUT2D eigenvalue weighted by molar-refractivity contribution is 6.01. The van der Waals surface area contributed by atoms with Crippen molar-refractivity contribution in [3.8, 4) is 11.3 Å². The lowest BCUT2D eigenvalue weighted by Gasteiger charge is -2.56. The van der Waals surface area contributed by atoms with E-state index < -0.39 is 11.9 Å². The van der Waals surface area contributed by atoms with Gasteiger partial charge in [-0.1, -0.05) is 42.5 Å². The number of aromatic nitrogens is 3. The molecule has 0 saturated heterocycles. The maximum Gasteiger partial charge on any atom is 0.433 e. The van der Waals surface area contributed by atoms with E-state index in [-0.39, 0.29) is 28.4 Å². The maximum absolute atomic E-state index is 14.1. The first-order chi connectivity index (χ1) is 17.3. The molecule has 1 N–H and O–H groups in total. The zero-order valence-corrected chi connectivity index (χ0v) is 19.6. The summed E-state index contributed by atoms with van der Waals surface area (Å²) >= 11 is 0. The summed E-state index contributed by atoms with van der Waals surface area (Å²) in [7, 11) is 0. The number of halogens is 3. The molecule has 1 amide bonds. The highest BCUT2D eigenvalue weighted by Crippen LogP contribution is 2.55. The average Bonchev–Trinajstić information content (AvgIpc) is 3.25. The monoisotopic (exact) mass is 490 g/mol. The molecule has 2 aromatic heterocycles. The van der Waals surface area contributed by atoms with Gasteiger partial charge in [0.15, 0.2) is 11.3 Å². The Kier molecular flexibility index (Phi) is 4.57. The number of nitrogens with zero attached hydrogens (tertiary/aromatic N) is 3. The zero-order chi connectivity index (χ0) is 24.7. The molecule has 4 aromatic rings. The normalized spacial score (nSPS) is 27.1. The van der Waals surface area contributed by atoms with Crippen molar-refractivity contribution in [3.63, 3.8) is 0 Å². The largest absolute Gasteiger partial charge is 0.433 e. The first kappa shape index (κ1) is 21.8. The number of rotatable bonds is 3. The average molecular weight is 491 g/mol. The Labute approximate surface area is 205 Å². The molecule has 4 fully saturated rings. The van der Waals surface area contributed by atoms with Crippen molar-refractivity contribution in [2.24, 2.45) is 17.8 Å². The smallest absolute Gasteiger partial charge is 0.346 e. The van der Waals surface area contributed by atoms with E-state index in [0.29, 0.717) is 23.3 Å². The second-order valence-corrected chi connectivity index (χ2v) is 11.0. The van der Waals surface area contributed by atoms with Crippen LogP contribution in [0.3, 0.4) is 0 Å². The summed E-state index contributed by atoms with van der Waals surface area (Å²) in [6, 6.07) is 14.0. The van der Waals surface area contributed by atoms with E-state index in [1.54, 1.807) is 12.1 Å². The number of amides is 1. The summed E-state index contributed by atoms with van der Waals surface area (Å²) in [4.78, 5) is 18.1. The van der Waals surface area contributed by atoms with Gasteiger partial charge in [-0.25, -0.2) is 9.50 Å². The number of fused-ring (bicyclic) bond motifs is 2. The van der Waals surface area contributed by atoms with Crippen LogP contribution in [0.2, 0.25) is 0 Å². The highest BCUT2D eigenvalue weighted by atomic mass is 19.4. The summed E-state index contributed by atoms with van der Waals surface area (Å²) in [6.45, 7) is 0.